The number of hydrogen-bond donors (Lipinski definition) is 1. The van der Waals surface area contributed by atoms with Crippen LogP contribution in [0, 0.1) is 0 Å². The third kappa shape index (κ3) is 4.27. The van der Waals surface area contributed by atoms with Gasteiger partial charge in [0, 0.05) is 23.0 Å². The minimum absolute atomic E-state index is 0.0666. The van der Waals surface area contributed by atoms with E-state index in [1.165, 1.54) is 30.5 Å². The predicted octanol–water partition coefficient (Wildman–Crippen LogP) is 3.95. The average Bonchev–Trinajstić information content (AvgIpc) is 2.40. The van der Waals surface area contributed by atoms with Crippen molar-refractivity contribution in [2.45, 2.75) is 10.4 Å². The largest absolute Gasteiger partial charge is 0.446 e. The topological polar surface area (TPSA) is 42.0 Å². The van der Waals surface area contributed by atoms with Gasteiger partial charge in [-0.05, 0) is 48.2 Å². The maximum absolute atomic E-state index is 12.2. The van der Waals surface area contributed by atoms with Gasteiger partial charge in [-0.15, -0.1) is 0 Å². The van der Waals surface area contributed by atoms with Gasteiger partial charge >= 0.3 is 5.51 Å². The Hall–Kier alpha value is -2.02. The van der Waals surface area contributed by atoms with Crippen LogP contribution in [0.4, 0.5) is 18.9 Å². The van der Waals surface area contributed by atoms with Crippen LogP contribution in [0.2, 0.25) is 0 Å². The van der Waals surface area contributed by atoms with E-state index in [2.05, 4.69) is 10.3 Å². The first-order chi connectivity index (χ1) is 9.44. The zero-order valence-corrected chi connectivity index (χ0v) is 10.8. The molecule has 0 saturated carbocycles. The van der Waals surface area contributed by atoms with E-state index in [1.807, 2.05) is 0 Å². The molecule has 2 rings (SSSR count). The molecule has 0 unspecified atom stereocenters. The lowest BCUT2D eigenvalue weighted by atomic mass is 10.2. The highest BCUT2D eigenvalue weighted by Gasteiger charge is 2.29. The normalized spacial score (nSPS) is 11.2. The summed E-state index contributed by atoms with van der Waals surface area (Å²) < 4.78 is 36.5. The molecule has 0 radical (unpaired) electrons. The third-order valence-electron chi connectivity index (χ3n) is 2.27. The summed E-state index contributed by atoms with van der Waals surface area (Å²) in [6.07, 6.45) is 2.95. The smallest absolute Gasteiger partial charge is 0.322 e. The number of alkyl halides is 3. The lowest BCUT2D eigenvalue weighted by Gasteiger charge is -2.07. The van der Waals surface area contributed by atoms with Crippen LogP contribution >= 0.6 is 11.8 Å². The first kappa shape index (κ1) is 14.4. The number of aromatic nitrogens is 1. The molecule has 0 bridgehead atoms. The van der Waals surface area contributed by atoms with Crippen LogP contribution in [0.15, 0.2) is 53.7 Å². The Morgan fingerprint density at radius 1 is 1.15 bits per heavy atom. The Labute approximate surface area is 117 Å². The lowest BCUT2D eigenvalue weighted by molar-refractivity contribution is -0.0328. The predicted molar refractivity (Wildman–Crippen MR) is 70.5 cm³/mol. The van der Waals surface area contributed by atoms with E-state index < -0.39 is 5.51 Å². The first-order valence-corrected chi connectivity index (χ1v) is 6.33. The van der Waals surface area contributed by atoms with Gasteiger partial charge < -0.3 is 5.32 Å². The van der Waals surface area contributed by atoms with E-state index in [0.717, 1.165) is 0 Å². The molecule has 3 nitrogen and oxygen atoms in total. The maximum atomic E-state index is 12.2. The molecule has 0 aliphatic heterocycles. The average molecular weight is 298 g/mol. The Morgan fingerprint density at radius 3 is 2.40 bits per heavy atom. The number of rotatable bonds is 3. The van der Waals surface area contributed by atoms with Gasteiger partial charge in [0.1, 0.15) is 0 Å². The first-order valence-electron chi connectivity index (χ1n) is 5.51. The van der Waals surface area contributed by atoms with Crippen molar-refractivity contribution in [3.8, 4) is 0 Å². The van der Waals surface area contributed by atoms with Crippen molar-refractivity contribution in [1.29, 1.82) is 0 Å². The molecule has 2 aromatic rings. The minimum Gasteiger partial charge on any atom is -0.322 e. The standard InChI is InChI=1S/C13H9F3N2OS/c14-13(15,16)20-11-5-3-10(4-6-11)18-12(19)9-2-1-7-17-8-9/h1-8H,(H,18,19). The van der Waals surface area contributed by atoms with Gasteiger partial charge in [0.05, 0.1) is 5.56 Å². The van der Waals surface area contributed by atoms with Crippen LogP contribution < -0.4 is 5.32 Å². The molecule has 0 aliphatic carbocycles. The van der Waals surface area contributed by atoms with Crippen molar-refractivity contribution >= 4 is 23.4 Å². The molecular weight excluding hydrogens is 289 g/mol. The molecule has 1 aromatic heterocycles. The number of pyridine rings is 1. The van der Waals surface area contributed by atoms with Crippen LogP contribution in [0.5, 0.6) is 0 Å². The van der Waals surface area contributed by atoms with Crippen molar-refractivity contribution in [3.05, 3.63) is 54.4 Å². The molecule has 20 heavy (non-hydrogen) atoms. The molecule has 1 N–H and O–H groups in total. The van der Waals surface area contributed by atoms with E-state index in [4.69, 9.17) is 0 Å². The second-order valence-corrected chi connectivity index (χ2v) is 4.91. The van der Waals surface area contributed by atoms with Crippen LogP contribution in [-0.4, -0.2) is 16.4 Å². The highest BCUT2D eigenvalue weighted by molar-refractivity contribution is 8.00. The van der Waals surface area contributed by atoms with E-state index >= 15 is 0 Å². The number of carbonyl (C=O) groups is 1. The number of anilines is 1. The Balaban J connectivity index is 2.02. The summed E-state index contributed by atoms with van der Waals surface area (Å²) in [5.74, 6) is -0.366. The summed E-state index contributed by atoms with van der Waals surface area (Å²) in [5.41, 5.74) is -3.52. The van der Waals surface area contributed by atoms with Crippen molar-refractivity contribution in [3.63, 3.8) is 0 Å². The fourth-order valence-corrected chi connectivity index (χ4v) is 1.98. The molecule has 0 aliphatic rings. The second kappa shape index (κ2) is 5.96. The van der Waals surface area contributed by atoms with Crippen molar-refractivity contribution in [2.75, 3.05) is 5.32 Å². The Kier molecular flexibility index (Phi) is 4.29. The van der Waals surface area contributed by atoms with E-state index in [9.17, 15) is 18.0 Å². The number of hydrogen-bond acceptors (Lipinski definition) is 3. The zero-order valence-electron chi connectivity index (χ0n) is 10.0. The van der Waals surface area contributed by atoms with Crippen LogP contribution in [0.1, 0.15) is 10.4 Å². The number of carbonyl (C=O) groups excluding carboxylic acids is 1. The monoisotopic (exact) mass is 298 g/mol. The lowest BCUT2D eigenvalue weighted by Crippen LogP contribution is -2.11. The highest BCUT2D eigenvalue weighted by atomic mass is 32.2. The van der Waals surface area contributed by atoms with Crippen LogP contribution in [0.3, 0.4) is 0 Å². The summed E-state index contributed by atoms with van der Waals surface area (Å²) in [4.78, 5) is 15.7. The SMILES string of the molecule is O=C(Nc1ccc(SC(F)(F)F)cc1)c1cccnc1. The molecule has 1 amide bonds. The van der Waals surface area contributed by atoms with Gasteiger partial charge in [0.25, 0.3) is 5.91 Å². The zero-order chi connectivity index (χ0) is 14.6. The minimum atomic E-state index is -4.32. The number of nitrogens with zero attached hydrogens (tertiary/aromatic N) is 1. The number of benzene rings is 1. The molecule has 0 fully saturated rings. The van der Waals surface area contributed by atoms with Crippen LogP contribution in [0.25, 0.3) is 0 Å². The summed E-state index contributed by atoms with van der Waals surface area (Å²) in [5, 5.41) is 2.58. The fourth-order valence-electron chi connectivity index (χ4n) is 1.44. The van der Waals surface area contributed by atoms with Crippen LogP contribution in [-0.2, 0) is 0 Å². The molecular formula is C13H9F3N2OS. The van der Waals surface area contributed by atoms with Gasteiger partial charge in [-0.2, -0.15) is 13.2 Å². The van der Waals surface area contributed by atoms with Crippen molar-refractivity contribution < 1.29 is 18.0 Å². The maximum Gasteiger partial charge on any atom is 0.446 e. The Morgan fingerprint density at radius 2 is 1.85 bits per heavy atom. The quantitative estimate of drug-likeness (QED) is 0.873. The molecule has 104 valence electrons. The number of amides is 1. The van der Waals surface area contributed by atoms with Crippen molar-refractivity contribution in [1.82, 2.24) is 4.98 Å². The van der Waals surface area contributed by atoms with Gasteiger partial charge in [-0.25, -0.2) is 0 Å². The van der Waals surface area contributed by atoms with E-state index in [-0.39, 0.29) is 22.6 Å². The third-order valence-corrected chi connectivity index (χ3v) is 3.01. The molecule has 1 aromatic carbocycles. The van der Waals surface area contributed by atoms with Gasteiger partial charge in [-0.1, -0.05) is 0 Å². The summed E-state index contributed by atoms with van der Waals surface area (Å²) in [7, 11) is 0. The summed E-state index contributed by atoms with van der Waals surface area (Å²) in [6, 6.07) is 8.66. The molecule has 0 spiro atoms. The molecule has 0 saturated heterocycles. The number of halogens is 3. The summed E-state index contributed by atoms with van der Waals surface area (Å²) in [6.45, 7) is 0. The van der Waals surface area contributed by atoms with Gasteiger partial charge in [-0.3, -0.25) is 9.78 Å². The van der Waals surface area contributed by atoms with E-state index in [0.29, 0.717) is 11.3 Å². The molecule has 0 atom stereocenters. The number of thioether (sulfide) groups is 1. The second-order valence-electron chi connectivity index (χ2n) is 3.77. The van der Waals surface area contributed by atoms with Gasteiger partial charge in [0.2, 0.25) is 0 Å². The van der Waals surface area contributed by atoms with Gasteiger partial charge in [0.15, 0.2) is 0 Å². The Bertz CT molecular complexity index is 585. The fraction of sp³-hybridized carbons (Fsp3) is 0.0769. The molecule has 1 heterocycles. The summed E-state index contributed by atoms with van der Waals surface area (Å²) >= 11 is -0.198. The van der Waals surface area contributed by atoms with E-state index in [1.54, 1.807) is 18.3 Å². The van der Waals surface area contributed by atoms with Crippen molar-refractivity contribution in [2.24, 2.45) is 0 Å². The molecule has 7 heteroatoms. The highest BCUT2D eigenvalue weighted by Crippen LogP contribution is 2.37. The number of nitrogens with one attached hydrogen (secondary N) is 1.